The van der Waals surface area contributed by atoms with Gasteiger partial charge in [0.25, 0.3) is 0 Å². The summed E-state index contributed by atoms with van der Waals surface area (Å²) >= 11 is 5.98. The van der Waals surface area contributed by atoms with Crippen molar-refractivity contribution < 1.29 is 4.74 Å². The predicted molar refractivity (Wildman–Crippen MR) is 62.1 cm³/mol. The maximum absolute atomic E-state index is 5.98. The van der Waals surface area contributed by atoms with E-state index >= 15 is 0 Å². The van der Waals surface area contributed by atoms with E-state index in [-0.39, 0.29) is 0 Å². The van der Waals surface area contributed by atoms with Gasteiger partial charge in [0, 0.05) is 12.7 Å². The first kappa shape index (κ1) is 12.3. The SMILES string of the molecule is CC(C)CCOc1ncc(CN)cc1Cl. The minimum atomic E-state index is 0.443. The van der Waals surface area contributed by atoms with Crippen LogP contribution >= 0.6 is 11.6 Å². The number of rotatable bonds is 5. The highest BCUT2D eigenvalue weighted by molar-refractivity contribution is 6.31. The van der Waals surface area contributed by atoms with E-state index in [1.807, 2.05) is 0 Å². The first-order chi connectivity index (χ1) is 7.13. The molecule has 1 rings (SSSR count). The molecule has 0 fully saturated rings. The van der Waals surface area contributed by atoms with Gasteiger partial charge in [-0.2, -0.15) is 0 Å². The van der Waals surface area contributed by atoms with E-state index in [0.717, 1.165) is 12.0 Å². The number of nitrogens with zero attached hydrogens (tertiary/aromatic N) is 1. The topological polar surface area (TPSA) is 48.1 Å². The van der Waals surface area contributed by atoms with Gasteiger partial charge >= 0.3 is 0 Å². The lowest BCUT2D eigenvalue weighted by Gasteiger charge is -2.09. The predicted octanol–water partition coefficient (Wildman–Crippen LogP) is 2.62. The molecule has 0 aliphatic rings. The Labute approximate surface area is 95.6 Å². The molecule has 0 unspecified atom stereocenters. The standard InChI is InChI=1S/C11H17ClN2O/c1-8(2)3-4-15-11-10(12)5-9(6-13)7-14-11/h5,7-8H,3-4,6,13H2,1-2H3. The molecule has 0 amide bonds. The normalized spacial score (nSPS) is 10.7. The molecule has 0 bridgehead atoms. The van der Waals surface area contributed by atoms with Crippen molar-refractivity contribution in [3.8, 4) is 5.88 Å². The summed E-state index contributed by atoms with van der Waals surface area (Å²) in [6.45, 7) is 5.39. The molecule has 1 aromatic heterocycles. The Kier molecular flexibility index (Phi) is 4.85. The molecule has 1 heterocycles. The highest BCUT2D eigenvalue weighted by Crippen LogP contribution is 2.22. The van der Waals surface area contributed by atoms with Gasteiger partial charge in [0.05, 0.1) is 6.61 Å². The molecule has 2 N–H and O–H groups in total. The Morgan fingerprint density at radius 3 is 2.80 bits per heavy atom. The van der Waals surface area contributed by atoms with Crippen molar-refractivity contribution in [2.45, 2.75) is 26.8 Å². The summed E-state index contributed by atoms with van der Waals surface area (Å²) in [6, 6.07) is 1.79. The third-order valence-electron chi connectivity index (χ3n) is 2.03. The Morgan fingerprint density at radius 2 is 2.27 bits per heavy atom. The molecular weight excluding hydrogens is 212 g/mol. The quantitative estimate of drug-likeness (QED) is 0.843. The van der Waals surface area contributed by atoms with Crippen molar-refractivity contribution in [1.82, 2.24) is 4.98 Å². The molecule has 0 saturated heterocycles. The largest absolute Gasteiger partial charge is 0.477 e. The van der Waals surface area contributed by atoms with Crippen LogP contribution in [0.25, 0.3) is 0 Å². The smallest absolute Gasteiger partial charge is 0.232 e. The minimum absolute atomic E-state index is 0.443. The molecule has 0 spiro atoms. The van der Waals surface area contributed by atoms with E-state index in [1.54, 1.807) is 12.3 Å². The van der Waals surface area contributed by atoms with Gasteiger partial charge in [-0.25, -0.2) is 4.98 Å². The van der Waals surface area contributed by atoms with Gasteiger partial charge in [-0.3, -0.25) is 0 Å². The Balaban J connectivity index is 2.54. The monoisotopic (exact) mass is 228 g/mol. The van der Waals surface area contributed by atoms with Gasteiger partial charge in [0.2, 0.25) is 5.88 Å². The van der Waals surface area contributed by atoms with Gasteiger partial charge in [-0.1, -0.05) is 25.4 Å². The van der Waals surface area contributed by atoms with Gasteiger partial charge in [0.15, 0.2) is 0 Å². The Hall–Kier alpha value is -0.800. The number of halogens is 1. The van der Waals surface area contributed by atoms with Crippen molar-refractivity contribution in [2.24, 2.45) is 11.7 Å². The average Bonchev–Trinajstić information content (AvgIpc) is 2.20. The number of ether oxygens (including phenoxy) is 1. The Morgan fingerprint density at radius 1 is 1.53 bits per heavy atom. The van der Waals surface area contributed by atoms with Crippen molar-refractivity contribution in [3.63, 3.8) is 0 Å². The fourth-order valence-corrected chi connectivity index (χ4v) is 1.32. The van der Waals surface area contributed by atoms with E-state index in [4.69, 9.17) is 22.1 Å². The zero-order chi connectivity index (χ0) is 11.3. The third-order valence-corrected chi connectivity index (χ3v) is 2.30. The number of hydrogen-bond acceptors (Lipinski definition) is 3. The van der Waals surface area contributed by atoms with Gasteiger partial charge < -0.3 is 10.5 Å². The molecule has 3 nitrogen and oxygen atoms in total. The van der Waals surface area contributed by atoms with E-state index in [2.05, 4.69) is 18.8 Å². The number of hydrogen-bond donors (Lipinski definition) is 1. The molecule has 15 heavy (non-hydrogen) atoms. The summed E-state index contributed by atoms with van der Waals surface area (Å²) in [7, 11) is 0. The lowest BCUT2D eigenvalue weighted by Crippen LogP contribution is -2.04. The second-order valence-electron chi connectivity index (χ2n) is 3.87. The number of nitrogens with two attached hydrogens (primary N) is 1. The van der Waals surface area contributed by atoms with Crippen LogP contribution in [0.4, 0.5) is 0 Å². The molecule has 84 valence electrons. The average molecular weight is 229 g/mol. The lowest BCUT2D eigenvalue weighted by molar-refractivity contribution is 0.279. The van der Waals surface area contributed by atoms with Crippen LogP contribution in [0.3, 0.4) is 0 Å². The first-order valence-electron chi connectivity index (χ1n) is 5.10. The Bertz CT molecular complexity index is 315. The molecule has 1 aromatic rings. The van der Waals surface area contributed by atoms with E-state index in [0.29, 0.717) is 30.0 Å². The molecule has 4 heteroatoms. The highest BCUT2D eigenvalue weighted by atomic mass is 35.5. The summed E-state index contributed by atoms with van der Waals surface area (Å²) < 4.78 is 5.46. The molecule has 0 atom stereocenters. The van der Waals surface area contributed by atoms with Crippen molar-refractivity contribution in [1.29, 1.82) is 0 Å². The number of aromatic nitrogens is 1. The third kappa shape index (κ3) is 4.06. The maximum atomic E-state index is 5.98. The van der Waals surface area contributed by atoms with Crippen LogP contribution in [0.15, 0.2) is 12.3 Å². The first-order valence-corrected chi connectivity index (χ1v) is 5.48. The van der Waals surface area contributed by atoms with Crippen LogP contribution in [0.2, 0.25) is 5.02 Å². The fourth-order valence-electron chi connectivity index (χ4n) is 1.07. The van der Waals surface area contributed by atoms with E-state index in [1.165, 1.54) is 0 Å². The molecular formula is C11H17ClN2O. The van der Waals surface area contributed by atoms with Crippen molar-refractivity contribution in [2.75, 3.05) is 6.61 Å². The second kappa shape index (κ2) is 5.93. The van der Waals surface area contributed by atoms with Crippen LogP contribution in [-0.2, 0) is 6.54 Å². The minimum Gasteiger partial charge on any atom is -0.477 e. The summed E-state index contributed by atoms with van der Waals surface area (Å²) in [5, 5.41) is 0.529. The summed E-state index contributed by atoms with van der Waals surface area (Å²) in [5.41, 5.74) is 6.38. The molecule has 0 radical (unpaired) electrons. The summed E-state index contributed by atoms with van der Waals surface area (Å²) in [6.07, 6.45) is 2.69. The van der Waals surface area contributed by atoms with Crippen LogP contribution in [0, 0.1) is 5.92 Å². The number of pyridine rings is 1. The van der Waals surface area contributed by atoms with Crippen LogP contribution in [0.1, 0.15) is 25.8 Å². The van der Waals surface area contributed by atoms with Crippen LogP contribution < -0.4 is 10.5 Å². The van der Waals surface area contributed by atoms with Crippen LogP contribution in [-0.4, -0.2) is 11.6 Å². The van der Waals surface area contributed by atoms with E-state index in [9.17, 15) is 0 Å². The summed E-state index contributed by atoms with van der Waals surface area (Å²) in [4.78, 5) is 4.11. The zero-order valence-corrected chi connectivity index (χ0v) is 9.92. The molecule has 0 saturated carbocycles. The maximum Gasteiger partial charge on any atom is 0.232 e. The second-order valence-corrected chi connectivity index (χ2v) is 4.27. The molecule has 0 aromatic carbocycles. The van der Waals surface area contributed by atoms with E-state index < -0.39 is 0 Å². The fraction of sp³-hybridized carbons (Fsp3) is 0.545. The highest BCUT2D eigenvalue weighted by Gasteiger charge is 2.04. The van der Waals surface area contributed by atoms with Crippen molar-refractivity contribution in [3.05, 3.63) is 22.8 Å². The molecule has 0 aliphatic heterocycles. The summed E-state index contributed by atoms with van der Waals surface area (Å²) in [5.74, 6) is 1.11. The van der Waals surface area contributed by atoms with Crippen LogP contribution in [0.5, 0.6) is 5.88 Å². The van der Waals surface area contributed by atoms with Gasteiger partial charge in [0.1, 0.15) is 5.02 Å². The zero-order valence-electron chi connectivity index (χ0n) is 9.16. The lowest BCUT2D eigenvalue weighted by atomic mass is 10.1. The van der Waals surface area contributed by atoms with Crippen molar-refractivity contribution >= 4 is 11.6 Å². The molecule has 0 aliphatic carbocycles. The van der Waals surface area contributed by atoms with Gasteiger partial charge in [-0.05, 0) is 24.0 Å². The van der Waals surface area contributed by atoms with Gasteiger partial charge in [-0.15, -0.1) is 0 Å².